The number of phenolic OH excluding ortho intramolecular Hbond substituents is 3. The molecule has 0 radical (unpaired) electrons. The number of ketones is 1. The van der Waals surface area contributed by atoms with Crippen molar-refractivity contribution in [2.24, 2.45) is 0 Å². The third-order valence-corrected chi connectivity index (χ3v) is 7.21. The van der Waals surface area contributed by atoms with Crippen molar-refractivity contribution in [3.8, 4) is 28.7 Å². The van der Waals surface area contributed by atoms with Crippen molar-refractivity contribution < 1.29 is 34.7 Å². The summed E-state index contributed by atoms with van der Waals surface area (Å²) in [6, 6.07) is 4.64. The summed E-state index contributed by atoms with van der Waals surface area (Å²) in [5.74, 6) is -0.453. The van der Waals surface area contributed by atoms with E-state index in [1.165, 1.54) is 11.6 Å². The van der Waals surface area contributed by atoms with E-state index < -0.39 is 17.8 Å². The maximum Gasteiger partial charge on any atom is 0.174 e. The molecule has 0 fully saturated rings. The predicted molar refractivity (Wildman–Crippen MR) is 141 cm³/mol. The Bertz CT molecular complexity index is 1280. The maximum absolute atomic E-state index is 13.2. The van der Waals surface area contributed by atoms with Crippen LogP contribution in [0.2, 0.25) is 0 Å². The number of benzene rings is 2. The van der Waals surface area contributed by atoms with Crippen LogP contribution in [0.25, 0.3) is 0 Å². The van der Waals surface area contributed by atoms with Gasteiger partial charge in [-0.3, -0.25) is 4.79 Å². The standard InChI is InChI=1S/C30H36O7/c1-16(2)7-6-8-17(3)9-10-19-18(11-12-21(31)28(19)34)23-14-22(32)27-25(36-23)15-24-20(29(27)35)13-26(33)30(4,5)37-24/h7,9,11-12,15,23,26,31,33-35H,6,8,10,13-14H2,1-5H3. The Kier molecular flexibility index (Phi) is 7.29. The van der Waals surface area contributed by atoms with Gasteiger partial charge in [0, 0.05) is 29.2 Å². The molecule has 0 saturated carbocycles. The molecule has 7 nitrogen and oxygen atoms in total. The fraction of sp³-hybridized carbons (Fsp3) is 0.433. The third-order valence-electron chi connectivity index (χ3n) is 7.21. The molecule has 0 aliphatic carbocycles. The third kappa shape index (κ3) is 5.32. The second-order valence-electron chi connectivity index (χ2n) is 10.8. The molecule has 2 heterocycles. The lowest BCUT2D eigenvalue weighted by atomic mass is 9.86. The summed E-state index contributed by atoms with van der Waals surface area (Å²) >= 11 is 0. The molecule has 4 N–H and O–H groups in total. The lowest BCUT2D eigenvalue weighted by molar-refractivity contribution is -0.0420. The number of carbonyl (C=O) groups excluding carboxylic acids is 1. The highest BCUT2D eigenvalue weighted by molar-refractivity contribution is 6.03. The molecule has 4 rings (SSSR count). The highest BCUT2D eigenvalue weighted by Crippen LogP contribution is 2.49. The van der Waals surface area contributed by atoms with E-state index in [4.69, 9.17) is 9.47 Å². The van der Waals surface area contributed by atoms with Crippen LogP contribution in [0.15, 0.2) is 41.5 Å². The number of rotatable bonds is 6. The van der Waals surface area contributed by atoms with Crippen LogP contribution >= 0.6 is 0 Å². The molecule has 2 atom stereocenters. The van der Waals surface area contributed by atoms with Gasteiger partial charge in [-0.2, -0.15) is 0 Å². The van der Waals surface area contributed by atoms with E-state index in [0.717, 1.165) is 18.4 Å². The van der Waals surface area contributed by atoms with Gasteiger partial charge in [0.05, 0.1) is 12.5 Å². The first kappa shape index (κ1) is 26.6. The molecule has 0 aromatic heterocycles. The molecule has 198 valence electrons. The van der Waals surface area contributed by atoms with Gasteiger partial charge >= 0.3 is 0 Å². The Morgan fingerprint density at radius 1 is 1.05 bits per heavy atom. The highest BCUT2D eigenvalue weighted by Gasteiger charge is 2.41. The van der Waals surface area contributed by atoms with Crippen molar-refractivity contribution in [2.45, 2.75) is 84.5 Å². The van der Waals surface area contributed by atoms with Crippen LogP contribution in [0.1, 0.15) is 87.0 Å². The molecule has 2 aromatic carbocycles. The quantitative estimate of drug-likeness (QED) is 0.287. The summed E-state index contributed by atoms with van der Waals surface area (Å²) in [4.78, 5) is 13.2. The maximum atomic E-state index is 13.2. The Balaban J connectivity index is 1.67. The zero-order valence-corrected chi connectivity index (χ0v) is 22.1. The zero-order valence-electron chi connectivity index (χ0n) is 22.1. The SMILES string of the molecule is CC(C)=CCCC(C)=CCc1c(C2CC(=O)c3c(cc4c(c3O)CC(O)C(C)(C)O4)O2)ccc(O)c1O. The van der Waals surface area contributed by atoms with E-state index in [1.54, 1.807) is 26.0 Å². The number of aliphatic hydroxyl groups excluding tert-OH is 1. The molecule has 2 aliphatic heterocycles. The second-order valence-corrected chi connectivity index (χ2v) is 10.8. The molecule has 2 aliphatic rings. The summed E-state index contributed by atoms with van der Waals surface area (Å²) in [5, 5.41) is 42.2. The van der Waals surface area contributed by atoms with Crippen LogP contribution in [-0.4, -0.2) is 37.9 Å². The Labute approximate surface area is 217 Å². The number of aliphatic hydroxyl groups is 1. The van der Waals surface area contributed by atoms with Crippen LogP contribution in [0, 0.1) is 0 Å². The monoisotopic (exact) mass is 508 g/mol. The van der Waals surface area contributed by atoms with Gasteiger partial charge < -0.3 is 29.9 Å². The van der Waals surface area contributed by atoms with E-state index in [2.05, 4.69) is 19.9 Å². The van der Waals surface area contributed by atoms with Crippen molar-refractivity contribution in [1.29, 1.82) is 0 Å². The molecule has 7 heteroatoms. The van der Waals surface area contributed by atoms with Crippen molar-refractivity contribution in [2.75, 3.05) is 0 Å². The van der Waals surface area contributed by atoms with E-state index in [1.807, 2.05) is 13.0 Å². The molecule has 0 bridgehead atoms. The van der Waals surface area contributed by atoms with Crippen LogP contribution in [0.3, 0.4) is 0 Å². The smallest absolute Gasteiger partial charge is 0.174 e. The second kappa shape index (κ2) is 10.1. The van der Waals surface area contributed by atoms with Crippen LogP contribution < -0.4 is 9.47 Å². The molecule has 2 unspecified atom stereocenters. The predicted octanol–water partition coefficient (Wildman–Crippen LogP) is 5.82. The molecule has 37 heavy (non-hydrogen) atoms. The molecule has 0 amide bonds. The van der Waals surface area contributed by atoms with Gasteiger partial charge in [0.15, 0.2) is 17.3 Å². The average Bonchev–Trinajstić information content (AvgIpc) is 2.80. The van der Waals surface area contributed by atoms with Gasteiger partial charge in [-0.25, -0.2) is 0 Å². The van der Waals surface area contributed by atoms with Gasteiger partial charge in [-0.05, 0) is 59.9 Å². The van der Waals surface area contributed by atoms with Crippen molar-refractivity contribution in [3.05, 3.63) is 63.8 Å². The van der Waals surface area contributed by atoms with Gasteiger partial charge in [-0.1, -0.05) is 29.4 Å². The number of hydrogen-bond donors (Lipinski definition) is 4. The minimum atomic E-state index is -0.864. The van der Waals surface area contributed by atoms with Crippen molar-refractivity contribution in [3.63, 3.8) is 0 Å². The number of fused-ring (bicyclic) bond motifs is 2. The molecule has 2 aromatic rings. The Morgan fingerprint density at radius 3 is 2.49 bits per heavy atom. The summed E-state index contributed by atoms with van der Waals surface area (Å²) in [6.45, 7) is 9.66. The van der Waals surface area contributed by atoms with Crippen LogP contribution in [0.4, 0.5) is 0 Å². The first-order chi connectivity index (χ1) is 17.4. The first-order valence-corrected chi connectivity index (χ1v) is 12.7. The highest BCUT2D eigenvalue weighted by atomic mass is 16.5. The molecular weight excluding hydrogens is 472 g/mol. The number of carbonyl (C=O) groups is 1. The minimum absolute atomic E-state index is 0.0469. The number of Topliss-reactive ketones (excluding diaryl/α,β-unsaturated/α-hetero) is 1. The van der Waals surface area contributed by atoms with Crippen LogP contribution in [-0.2, 0) is 12.8 Å². The van der Waals surface area contributed by atoms with E-state index in [0.29, 0.717) is 28.9 Å². The number of ether oxygens (including phenoxy) is 2. The van der Waals surface area contributed by atoms with E-state index in [9.17, 15) is 25.2 Å². The Morgan fingerprint density at radius 2 is 1.78 bits per heavy atom. The largest absolute Gasteiger partial charge is 0.507 e. The van der Waals surface area contributed by atoms with Crippen molar-refractivity contribution in [1.82, 2.24) is 0 Å². The number of allylic oxidation sites excluding steroid dienone is 4. The molecule has 0 saturated heterocycles. The lowest BCUT2D eigenvalue weighted by Crippen LogP contribution is -2.46. The molecular formula is C30H36O7. The first-order valence-electron chi connectivity index (χ1n) is 12.7. The van der Waals surface area contributed by atoms with E-state index >= 15 is 0 Å². The van der Waals surface area contributed by atoms with Gasteiger partial charge in [0.25, 0.3) is 0 Å². The molecule has 0 spiro atoms. The average molecular weight is 509 g/mol. The number of aromatic hydroxyl groups is 3. The van der Waals surface area contributed by atoms with Crippen molar-refractivity contribution >= 4 is 5.78 Å². The normalized spacial score (nSPS) is 20.4. The number of hydrogen-bond acceptors (Lipinski definition) is 7. The summed E-state index contributed by atoms with van der Waals surface area (Å²) in [7, 11) is 0. The lowest BCUT2D eigenvalue weighted by Gasteiger charge is -2.38. The fourth-order valence-corrected chi connectivity index (χ4v) is 4.87. The Hall–Kier alpha value is -3.45. The number of phenols is 3. The minimum Gasteiger partial charge on any atom is -0.507 e. The van der Waals surface area contributed by atoms with Gasteiger partial charge in [0.2, 0.25) is 0 Å². The summed E-state index contributed by atoms with van der Waals surface area (Å²) in [6.07, 6.45) is 4.90. The van der Waals surface area contributed by atoms with Crippen LogP contribution in [0.5, 0.6) is 28.7 Å². The van der Waals surface area contributed by atoms with Gasteiger partial charge in [-0.15, -0.1) is 0 Å². The summed E-state index contributed by atoms with van der Waals surface area (Å²) < 4.78 is 12.2. The van der Waals surface area contributed by atoms with E-state index in [-0.39, 0.29) is 47.2 Å². The topological polar surface area (TPSA) is 116 Å². The summed E-state index contributed by atoms with van der Waals surface area (Å²) in [5.41, 5.74) is 3.09. The fourth-order valence-electron chi connectivity index (χ4n) is 4.87. The zero-order chi connectivity index (χ0) is 27.1. The van der Waals surface area contributed by atoms with Gasteiger partial charge in [0.1, 0.15) is 34.5 Å².